The van der Waals surface area contributed by atoms with Crippen LogP contribution in [-0.4, -0.2) is 43.6 Å². The molecule has 0 spiro atoms. The van der Waals surface area contributed by atoms with E-state index in [1.807, 2.05) is 36.2 Å². The fourth-order valence-electron chi connectivity index (χ4n) is 2.20. The lowest BCUT2D eigenvalue weighted by Crippen LogP contribution is -2.45. The van der Waals surface area contributed by atoms with Gasteiger partial charge in [-0.1, -0.05) is 22.0 Å². The van der Waals surface area contributed by atoms with Gasteiger partial charge in [-0.2, -0.15) is 0 Å². The standard InChI is InChI=1S/C14H19BrN2O2.ClH/c1-17(12-5-7-16-8-6-12)14(18)10-19-13-4-2-3-11(15)9-13;/h2-4,9,12,16H,5-8,10H2,1H3;1H. The molecule has 6 heteroatoms. The quantitative estimate of drug-likeness (QED) is 0.893. The highest BCUT2D eigenvalue weighted by Crippen LogP contribution is 2.18. The van der Waals surface area contributed by atoms with Crippen molar-refractivity contribution in [3.63, 3.8) is 0 Å². The summed E-state index contributed by atoms with van der Waals surface area (Å²) < 4.78 is 6.47. The molecule has 112 valence electrons. The molecule has 1 aliphatic rings. The van der Waals surface area contributed by atoms with Crippen molar-refractivity contribution in [1.82, 2.24) is 10.2 Å². The smallest absolute Gasteiger partial charge is 0.260 e. The van der Waals surface area contributed by atoms with Crippen molar-refractivity contribution in [3.8, 4) is 5.75 Å². The Balaban J connectivity index is 0.00000200. The lowest BCUT2D eigenvalue weighted by Gasteiger charge is -2.31. The Hall–Kier alpha value is -0.780. The first-order valence-corrected chi connectivity index (χ1v) is 7.31. The number of halogens is 2. The number of rotatable bonds is 4. The van der Waals surface area contributed by atoms with Gasteiger partial charge in [0.15, 0.2) is 6.61 Å². The van der Waals surface area contributed by atoms with Gasteiger partial charge in [0.1, 0.15) is 5.75 Å². The van der Waals surface area contributed by atoms with E-state index < -0.39 is 0 Å². The SMILES string of the molecule is CN(C(=O)COc1cccc(Br)c1)C1CCNCC1.Cl. The van der Waals surface area contributed by atoms with E-state index in [0.717, 1.165) is 30.4 Å². The summed E-state index contributed by atoms with van der Waals surface area (Å²) >= 11 is 3.38. The summed E-state index contributed by atoms with van der Waals surface area (Å²) in [5.74, 6) is 0.744. The number of hydrogen-bond acceptors (Lipinski definition) is 3. The molecule has 4 nitrogen and oxygen atoms in total. The number of carbonyl (C=O) groups is 1. The Morgan fingerprint density at radius 1 is 1.45 bits per heavy atom. The monoisotopic (exact) mass is 362 g/mol. The van der Waals surface area contributed by atoms with Crippen molar-refractivity contribution < 1.29 is 9.53 Å². The van der Waals surface area contributed by atoms with E-state index in [4.69, 9.17) is 4.74 Å². The molecule has 0 bridgehead atoms. The normalized spacial score (nSPS) is 15.3. The van der Waals surface area contributed by atoms with Gasteiger partial charge in [-0.05, 0) is 44.1 Å². The number of ether oxygens (including phenoxy) is 1. The van der Waals surface area contributed by atoms with Crippen LogP contribution >= 0.6 is 28.3 Å². The van der Waals surface area contributed by atoms with Crippen LogP contribution in [0.25, 0.3) is 0 Å². The van der Waals surface area contributed by atoms with Crippen molar-refractivity contribution >= 4 is 34.2 Å². The third kappa shape index (κ3) is 4.96. The van der Waals surface area contributed by atoms with E-state index in [-0.39, 0.29) is 24.9 Å². The maximum atomic E-state index is 12.1. The summed E-state index contributed by atoms with van der Waals surface area (Å²) in [5.41, 5.74) is 0. The molecular weight excluding hydrogens is 344 g/mol. The van der Waals surface area contributed by atoms with E-state index in [1.165, 1.54) is 0 Å². The number of carbonyl (C=O) groups excluding carboxylic acids is 1. The lowest BCUT2D eigenvalue weighted by atomic mass is 10.1. The molecule has 2 rings (SSSR count). The van der Waals surface area contributed by atoms with Gasteiger partial charge in [-0.3, -0.25) is 4.79 Å². The minimum atomic E-state index is 0. The second-order valence-corrected chi connectivity index (χ2v) is 5.65. The van der Waals surface area contributed by atoms with E-state index in [2.05, 4.69) is 21.2 Å². The molecule has 20 heavy (non-hydrogen) atoms. The van der Waals surface area contributed by atoms with Crippen LogP contribution in [0.3, 0.4) is 0 Å². The van der Waals surface area contributed by atoms with Crippen molar-refractivity contribution in [2.24, 2.45) is 0 Å². The fourth-order valence-corrected chi connectivity index (χ4v) is 2.58. The van der Waals surface area contributed by atoms with Gasteiger partial charge in [-0.25, -0.2) is 0 Å². The summed E-state index contributed by atoms with van der Waals surface area (Å²) in [7, 11) is 1.86. The molecule has 1 aliphatic heterocycles. The first-order valence-electron chi connectivity index (χ1n) is 6.51. The number of amides is 1. The first kappa shape index (κ1) is 17.3. The number of nitrogens with zero attached hydrogens (tertiary/aromatic N) is 1. The number of nitrogens with one attached hydrogen (secondary N) is 1. The Kier molecular flexibility index (Phi) is 7.34. The number of benzene rings is 1. The average Bonchev–Trinajstić information content (AvgIpc) is 2.45. The van der Waals surface area contributed by atoms with Gasteiger partial charge >= 0.3 is 0 Å². The fraction of sp³-hybridized carbons (Fsp3) is 0.500. The third-order valence-corrected chi connectivity index (χ3v) is 3.90. The van der Waals surface area contributed by atoms with Crippen LogP contribution in [0.2, 0.25) is 0 Å². The van der Waals surface area contributed by atoms with Crippen LogP contribution < -0.4 is 10.1 Å². The summed E-state index contributed by atoms with van der Waals surface area (Å²) in [5, 5.41) is 3.30. The van der Waals surface area contributed by atoms with E-state index in [1.54, 1.807) is 0 Å². The highest BCUT2D eigenvalue weighted by atomic mass is 79.9. The molecule has 1 fully saturated rings. The molecular formula is C14H20BrClN2O2. The van der Waals surface area contributed by atoms with Crippen molar-refractivity contribution in [1.29, 1.82) is 0 Å². The van der Waals surface area contributed by atoms with Crippen LogP contribution in [0.1, 0.15) is 12.8 Å². The predicted octanol–water partition coefficient (Wildman–Crippen LogP) is 2.46. The Labute approximate surface area is 134 Å². The molecule has 0 aromatic heterocycles. The first-order chi connectivity index (χ1) is 9.16. The molecule has 1 heterocycles. The van der Waals surface area contributed by atoms with Crippen LogP contribution in [0.5, 0.6) is 5.75 Å². The Morgan fingerprint density at radius 3 is 2.80 bits per heavy atom. The maximum absolute atomic E-state index is 12.1. The molecule has 1 aromatic rings. The third-order valence-electron chi connectivity index (χ3n) is 3.41. The zero-order chi connectivity index (χ0) is 13.7. The van der Waals surface area contributed by atoms with Gasteiger partial charge in [0.25, 0.3) is 5.91 Å². The predicted molar refractivity (Wildman–Crippen MR) is 85.5 cm³/mol. The van der Waals surface area contributed by atoms with Crippen molar-refractivity contribution in [3.05, 3.63) is 28.7 Å². The topological polar surface area (TPSA) is 41.6 Å². The van der Waals surface area contributed by atoms with Gasteiger partial charge in [-0.15, -0.1) is 12.4 Å². The highest BCUT2D eigenvalue weighted by Gasteiger charge is 2.21. The van der Waals surface area contributed by atoms with Crippen LogP contribution in [0.4, 0.5) is 0 Å². The van der Waals surface area contributed by atoms with E-state index in [9.17, 15) is 4.79 Å². The molecule has 0 radical (unpaired) electrons. The summed E-state index contributed by atoms with van der Waals surface area (Å²) in [6.07, 6.45) is 2.03. The van der Waals surface area contributed by atoms with Crippen molar-refractivity contribution in [2.45, 2.75) is 18.9 Å². The zero-order valence-electron chi connectivity index (χ0n) is 11.5. The molecule has 1 amide bonds. The molecule has 1 aromatic carbocycles. The van der Waals surface area contributed by atoms with Crippen LogP contribution in [-0.2, 0) is 4.79 Å². The van der Waals surface area contributed by atoms with Crippen LogP contribution in [0, 0.1) is 0 Å². The highest BCUT2D eigenvalue weighted by molar-refractivity contribution is 9.10. The maximum Gasteiger partial charge on any atom is 0.260 e. The Morgan fingerprint density at radius 2 is 2.15 bits per heavy atom. The largest absolute Gasteiger partial charge is 0.484 e. The number of likely N-dealkylation sites (N-methyl/N-ethyl adjacent to an activating group) is 1. The number of hydrogen-bond donors (Lipinski definition) is 1. The van der Waals surface area contributed by atoms with Gasteiger partial charge in [0.2, 0.25) is 0 Å². The molecule has 1 N–H and O–H groups in total. The second kappa shape index (κ2) is 8.49. The minimum Gasteiger partial charge on any atom is -0.484 e. The number of piperidine rings is 1. The second-order valence-electron chi connectivity index (χ2n) is 4.73. The minimum absolute atomic E-state index is 0. The van der Waals surface area contributed by atoms with Gasteiger partial charge in [0.05, 0.1) is 0 Å². The molecule has 1 saturated heterocycles. The van der Waals surface area contributed by atoms with E-state index >= 15 is 0 Å². The van der Waals surface area contributed by atoms with Gasteiger partial charge in [0, 0.05) is 17.6 Å². The summed E-state index contributed by atoms with van der Waals surface area (Å²) in [6, 6.07) is 7.86. The summed E-state index contributed by atoms with van der Waals surface area (Å²) in [6.45, 7) is 2.06. The Bertz CT molecular complexity index is 439. The molecule has 0 saturated carbocycles. The molecule has 0 unspecified atom stereocenters. The summed E-state index contributed by atoms with van der Waals surface area (Å²) in [4.78, 5) is 13.9. The molecule has 0 aliphatic carbocycles. The van der Waals surface area contributed by atoms with E-state index in [0.29, 0.717) is 11.8 Å². The average molecular weight is 364 g/mol. The van der Waals surface area contributed by atoms with Gasteiger partial charge < -0.3 is 15.0 Å². The zero-order valence-corrected chi connectivity index (χ0v) is 13.9. The van der Waals surface area contributed by atoms with Crippen LogP contribution in [0.15, 0.2) is 28.7 Å². The lowest BCUT2D eigenvalue weighted by molar-refractivity contribution is -0.134. The molecule has 0 atom stereocenters. The van der Waals surface area contributed by atoms with Crippen molar-refractivity contribution in [2.75, 3.05) is 26.7 Å².